The molecule has 1 amide bonds. The molecular formula is C21H25N3O3. The first-order valence-corrected chi connectivity index (χ1v) is 9.89. The molecule has 0 bridgehead atoms. The van der Waals surface area contributed by atoms with Crippen molar-refractivity contribution in [3.8, 4) is 0 Å². The van der Waals surface area contributed by atoms with Gasteiger partial charge < -0.3 is 14.4 Å². The van der Waals surface area contributed by atoms with Gasteiger partial charge in [0, 0.05) is 31.2 Å². The van der Waals surface area contributed by atoms with Crippen LogP contribution in [0.1, 0.15) is 52.4 Å². The van der Waals surface area contributed by atoms with Crippen LogP contribution in [0.5, 0.6) is 0 Å². The summed E-state index contributed by atoms with van der Waals surface area (Å²) in [5, 5.41) is 7.34. The van der Waals surface area contributed by atoms with Crippen molar-refractivity contribution >= 4 is 5.91 Å². The van der Waals surface area contributed by atoms with Crippen LogP contribution in [0.4, 0.5) is 0 Å². The zero-order valence-electron chi connectivity index (χ0n) is 15.4. The molecule has 6 nitrogen and oxygen atoms in total. The Bertz CT molecular complexity index is 815. The fourth-order valence-electron chi connectivity index (χ4n) is 4.67. The smallest absolute Gasteiger partial charge is 0.253 e. The molecule has 5 rings (SSSR count). The minimum atomic E-state index is -0.298. The summed E-state index contributed by atoms with van der Waals surface area (Å²) in [6.07, 6.45) is 5.51. The highest BCUT2D eigenvalue weighted by Gasteiger charge is 2.43. The van der Waals surface area contributed by atoms with E-state index in [9.17, 15) is 4.79 Å². The van der Waals surface area contributed by atoms with E-state index in [4.69, 9.17) is 9.47 Å². The van der Waals surface area contributed by atoms with Gasteiger partial charge in [-0.2, -0.15) is 5.10 Å². The number of hydrogen-bond acceptors (Lipinski definition) is 4. The van der Waals surface area contributed by atoms with E-state index in [2.05, 4.69) is 22.3 Å². The van der Waals surface area contributed by atoms with Crippen molar-refractivity contribution in [2.75, 3.05) is 32.9 Å². The lowest BCUT2D eigenvalue weighted by Gasteiger charge is -2.43. The van der Waals surface area contributed by atoms with Gasteiger partial charge in [-0.25, -0.2) is 0 Å². The first kappa shape index (κ1) is 17.0. The summed E-state index contributed by atoms with van der Waals surface area (Å²) in [5.41, 5.74) is 4.11. The average molecular weight is 367 g/mol. The Morgan fingerprint density at radius 1 is 1.19 bits per heavy atom. The molecule has 0 radical (unpaired) electrons. The van der Waals surface area contributed by atoms with Crippen molar-refractivity contribution in [2.24, 2.45) is 0 Å². The highest BCUT2D eigenvalue weighted by molar-refractivity contribution is 5.94. The van der Waals surface area contributed by atoms with Crippen molar-refractivity contribution in [1.29, 1.82) is 0 Å². The number of aromatic amines is 1. The van der Waals surface area contributed by atoms with Crippen LogP contribution in [0.2, 0.25) is 0 Å². The van der Waals surface area contributed by atoms with Gasteiger partial charge >= 0.3 is 0 Å². The Morgan fingerprint density at radius 3 is 2.74 bits per heavy atom. The van der Waals surface area contributed by atoms with Crippen LogP contribution >= 0.6 is 0 Å². The number of aromatic nitrogens is 2. The third kappa shape index (κ3) is 2.97. The minimum Gasteiger partial charge on any atom is -0.381 e. The molecule has 2 aromatic rings. The second-order valence-electron chi connectivity index (χ2n) is 7.84. The molecule has 1 unspecified atom stereocenters. The molecule has 3 aliphatic rings. The summed E-state index contributed by atoms with van der Waals surface area (Å²) in [7, 11) is 0. The largest absolute Gasteiger partial charge is 0.381 e. The van der Waals surface area contributed by atoms with E-state index in [1.165, 1.54) is 11.1 Å². The van der Waals surface area contributed by atoms with Crippen LogP contribution in [-0.2, 0) is 21.5 Å². The highest BCUT2D eigenvalue weighted by Crippen LogP contribution is 2.40. The lowest BCUT2D eigenvalue weighted by Crippen LogP contribution is -2.48. The van der Waals surface area contributed by atoms with E-state index in [1.807, 2.05) is 23.2 Å². The molecular weight excluding hydrogens is 342 g/mol. The van der Waals surface area contributed by atoms with Gasteiger partial charge in [0.1, 0.15) is 5.60 Å². The number of carbonyl (C=O) groups is 1. The molecule has 0 saturated carbocycles. The molecule has 1 spiro atoms. The normalized spacial score (nSPS) is 24.1. The summed E-state index contributed by atoms with van der Waals surface area (Å²) in [6, 6.07) is 8.09. The zero-order chi connectivity index (χ0) is 18.3. The van der Waals surface area contributed by atoms with Crippen molar-refractivity contribution in [2.45, 2.75) is 37.2 Å². The number of likely N-dealkylation sites (tertiary alicyclic amines) is 1. The number of nitrogens with zero attached hydrogens (tertiary/aromatic N) is 2. The van der Waals surface area contributed by atoms with Gasteiger partial charge in [0.15, 0.2) is 0 Å². The molecule has 1 atom stereocenters. The van der Waals surface area contributed by atoms with E-state index >= 15 is 0 Å². The maximum absolute atomic E-state index is 12.9. The molecule has 27 heavy (non-hydrogen) atoms. The number of fused-ring (bicyclic) bond motifs is 2. The first-order valence-electron chi connectivity index (χ1n) is 9.89. The maximum atomic E-state index is 12.9. The van der Waals surface area contributed by atoms with Gasteiger partial charge in [0.05, 0.1) is 25.1 Å². The van der Waals surface area contributed by atoms with E-state index in [0.29, 0.717) is 19.0 Å². The summed E-state index contributed by atoms with van der Waals surface area (Å²) in [4.78, 5) is 14.9. The Balaban J connectivity index is 1.27. The van der Waals surface area contributed by atoms with Crippen LogP contribution in [-0.4, -0.2) is 53.9 Å². The standard InChI is InChI=1S/C21H25N3O3/c25-20(16-3-1-15(2-4-16)18-5-11-26-14-18)24-9-7-21(8-10-24)19-17(6-12-27-21)13-22-23-19/h1-4,13,18H,5-12,14H2,(H,22,23). The van der Waals surface area contributed by atoms with Gasteiger partial charge in [-0.3, -0.25) is 9.89 Å². The second-order valence-corrected chi connectivity index (χ2v) is 7.84. The van der Waals surface area contributed by atoms with Gasteiger partial charge in [-0.1, -0.05) is 12.1 Å². The summed E-state index contributed by atoms with van der Waals surface area (Å²) in [6.45, 7) is 3.76. The highest BCUT2D eigenvalue weighted by atomic mass is 16.5. The first-order chi connectivity index (χ1) is 13.3. The topological polar surface area (TPSA) is 67.4 Å². The number of H-pyrrole nitrogens is 1. The van der Waals surface area contributed by atoms with Gasteiger partial charge in [-0.05, 0) is 48.9 Å². The Labute approximate surface area is 158 Å². The zero-order valence-corrected chi connectivity index (χ0v) is 15.4. The van der Waals surface area contributed by atoms with E-state index in [1.54, 1.807) is 0 Å². The molecule has 2 saturated heterocycles. The number of rotatable bonds is 2. The molecule has 6 heteroatoms. The van der Waals surface area contributed by atoms with Gasteiger partial charge in [-0.15, -0.1) is 0 Å². The number of ether oxygens (including phenoxy) is 2. The third-order valence-electron chi connectivity index (χ3n) is 6.34. The number of amides is 1. The van der Waals surface area contributed by atoms with E-state index < -0.39 is 0 Å². The minimum absolute atomic E-state index is 0.111. The molecule has 0 aliphatic carbocycles. The van der Waals surface area contributed by atoms with Crippen LogP contribution in [0.25, 0.3) is 0 Å². The number of nitrogens with one attached hydrogen (secondary N) is 1. The average Bonchev–Trinajstić information content (AvgIpc) is 3.41. The molecule has 1 aromatic heterocycles. The monoisotopic (exact) mass is 367 g/mol. The molecule has 1 aromatic carbocycles. The van der Waals surface area contributed by atoms with Gasteiger partial charge in [0.2, 0.25) is 0 Å². The Morgan fingerprint density at radius 2 is 2.00 bits per heavy atom. The van der Waals surface area contributed by atoms with Crippen LogP contribution < -0.4 is 0 Å². The van der Waals surface area contributed by atoms with Crippen LogP contribution in [0.3, 0.4) is 0 Å². The summed E-state index contributed by atoms with van der Waals surface area (Å²) >= 11 is 0. The van der Waals surface area contributed by atoms with E-state index in [-0.39, 0.29) is 11.5 Å². The van der Waals surface area contributed by atoms with Crippen LogP contribution in [0, 0.1) is 0 Å². The molecule has 4 heterocycles. The fraction of sp³-hybridized carbons (Fsp3) is 0.524. The van der Waals surface area contributed by atoms with Crippen LogP contribution in [0.15, 0.2) is 30.5 Å². The third-order valence-corrected chi connectivity index (χ3v) is 6.34. The lowest BCUT2D eigenvalue weighted by molar-refractivity contribution is -0.0962. The predicted octanol–water partition coefficient (Wildman–Crippen LogP) is 2.62. The number of piperidine rings is 1. The molecule has 142 valence electrons. The van der Waals surface area contributed by atoms with Crippen molar-refractivity contribution in [3.63, 3.8) is 0 Å². The Kier molecular flexibility index (Phi) is 4.25. The fourth-order valence-corrected chi connectivity index (χ4v) is 4.67. The SMILES string of the molecule is O=C(c1ccc(C2CCOC2)cc1)N1CCC2(CC1)OCCc1cn[nH]c12. The van der Waals surface area contributed by atoms with Crippen molar-refractivity contribution < 1.29 is 14.3 Å². The molecule has 3 aliphatic heterocycles. The second kappa shape index (κ2) is 6.77. The number of benzene rings is 1. The number of carbonyl (C=O) groups excluding carboxylic acids is 1. The molecule has 1 N–H and O–H groups in total. The van der Waals surface area contributed by atoms with Crippen molar-refractivity contribution in [1.82, 2.24) is 15.1 Å². The molecule has 2 fully saturated rings. The maximum Gasteiger partial charge on any atom is 0.253 e. The van der Waals surface area contributed by atoms with E-state index in [0.717, 1.165) is 56.8 Å². The Hall–Kier alpha value is -2.18. The van der Waals surface area contributed by atoms with Gasteiger partial charge in [0.25, 0.3) is 5.91 Å². The lowest BCUT2D eigenvalue weighted by atomic mass is 9.83. The predicted molar refractivity (Wildman–Crippen MR) is 99.7 cm³/mol. The summed E-state index contributed by atoms with van der Waals surface area (Å²) in [5.74, 6) is 0.579. The van der Waals surface area contributed by atoms with Crippen molar-refractivity contribution in [3.05, 3.63) is 52.8 Å². The summed E-state index contributed by atoms with van der Waals surface area (Å²) < 4.78 is 11.6. The quantitative estimate of drug-likeness (QED) is 0.886. The number of hydrogen-bond donors (Lipinski definition) is 1.